The number of pyridine rings is 1. The minimum atomic E-state index is 0.00301. The van der Waals surface area contributed by atoms with Crippen LogP contribution in [0.15, 0.2) is 12.1 Å². The molecule has 1 saturated heterocycles. The number of likely N-dealkylation sites (tertiary alicyclic amines) is 1. The van der Waals surface area contributed by atoms with Crippen LogP contribution in [0.1, 0.15) is 29.5 Å². The number of anilines is 1. The van der Waals surface area contributed by atoms with Gasteiger partial charge in [0, 0.05) is 24.5 Å². The molecule has 1 aliphatic rings. The quantitative estimate of drug-likeness (QED) is 0.785. The monoisotopic (exact) mass is 205 g/mol. The highest BCUT2D eigenvalue weighted by Crippen LogP contribution is 2.14. The summed E-state index contributed by atoms with van der Waals surface area (Å²) < 4.78 is 0. The number of nitrogens with zero attached hydrogens (tertiary/aromatic N) is 2. The second-order valence-corrected chi connectivity index (χ2v) is 3.78. The topological polar surface area (TPSA) is 59.2 Å². The molecule has 0 saturated carbocycles. The van der Waals surface area contributed by atoms with Gasteiger partial charge < -0.3 is 10.6 Å². The summed E-state index contributed by atoms with van der Waals surface area (Å²) in [6.45, 7) is 3.69. The molecular formula is C11H15N3O. The van der Waals surface area contributed by atoms with E-state index in [9.17, 15) is 4.79 Å². The molecule has 2 rings (SSSR count). The molecule has 0 aliphatic carbocycles. The van der Waals surface area contributed by atoms with E-state index in [1.54, 1.807) is 11.0 Å². The first-order valence-electron chi connectivity index (χ1n) is 5.26. The van der Waals surface area contributed by atoms with E-state index in [1.165, 1.54) is 0 Å². The van der Waals surface area contributed by atoms with Crippen LogP contribution < -0.4 is 5.73 Å². The summed E-state index contributed by atoms with van der Waals surface area (Å²) in [4.78, 5) is 17.9. The number of carbonyl (C=O) groups is 1. The lowest BCUT2D eigenvalue weighted by molar-refractivity contribution is 0.0645. The Morgan fingerprint density at radius 3 is 2.80 bits per heavy atom. The SMILES string of the molecule is CCc1cc(N)cc(C(=O)N2CCC2)n1. The number of amides is 1. The number of nitrogen functional groups attached to an aromatic ring is 1. The van der Waals surface area contributed by atoms with Crippen molar-refractivity contribution in [2.24, 2.45) is 0 Å². The van der Waals surface area contributed by atoms with Crippen molar-refractivity contribution in [2.75, 3.05) is 18.8 Å². The van der Waals surface area contributed by atoms with Crippen LogP contribution in [0.2, 0.25) is 0 Å². The van der Waals surface area contributed by atoms with Gasteiger partial charge in [-0.2, -0.15) is 0 Å². The molecule has 0 bridgehead atoms. The van der Waals surface area contributed by atoms with Crippen LogP contribution in [0, 0.1) is 0 Å². The zero-order valence-corrected chi connectivity index (χ0v) is 8.86. The van der Waals surface area contributed by atoms with Gasteiger partial charge in [-0.3, -0.25) is 4.79 Å². The minimum absolute atomic E-state index is 0.00301. The first-order chi connectivity index (χ1) is 7.20. The van der Waals surface area contributed by atoms with Gasteiger partial charge in [0.2, 0.25) is 0 Å². The van der Waals surface area contributed by atoms with Gasteiger partial charge in [0.05, 0.1) is 0 Å². The summed E-state index contributed by atoms with van der Waals surface area (Å²) in [5, 5.41) is 0. The van der Waals surface area contributed by atoms with Crippen molar-refractivity contribution in [3.8, 4) is 0 Å². The maximum Gasteiger partial charge on any atom is 0.272 e. The highest BCUT2D eigenvalue weighted by atomic mass is 16.2. The lowest BCUT2D eigenvalue weighted by Gasteiger charge is -2.30. The van der Waals surface area contributed by atoms with Crippen molar-refractivity contribution in [2.45, 2.75) is 19.8 Å². The van der Waals surface area contributed by atoms with Crippen LogP contribution in [0.25, 0.3) is 0 Å². The van der Waals surface area contributed by atoms with E-state index in [-0.39, 0.29) is 5.91 Å². The molecule has 0 spiro atoms. The Kier molecular flexibility index (Phi) is 2.58. The maximum atomic E-state index is 11.9. The van der Waals surface area contributed by atoms with Crippen molar-refractivity contribution in [3.63, 3.8) is 0 Å². The Labute approximate surface area is 89.1 Å². The summed E-state index contributed by atoms with van der Waals surface area (Å²) in [5.74, 6) is 0.00301. The molecular weight excluding hydrogens is 190 g/mol. The van der Waals surface area contributed by atoms with Gasteiger partial charge in [0.15, 0.2) is 0 Å². The molecule has 0 unspecified atom stereocenters. The Morgan fingerprint density at radius 2 is 2.27 bits per heavy atom. The molecule has 1 aromatic rings. The van der Waals surface area contributed by atoms with Gasteiger partial charge in [0.25, 0.3) is 5.91 Å². The maximum absolute atomic E-state index is 11.9. The summed E-state index contributed by atoms with van der Waals surface area (Å²) >= 11 is 0. The third-order valence-corrected chi connectivity index (χ3v) is 2.63. The van der Waals surface area contributed by atoms with Crippen molar-refractivity contribution < 1.29 is 4.79 Å². The zero-order valence-electron chi connectivity index (χ0n) is 8.86. The molecule has 2 heterocycles. The molecule has 0 aromatic carbocycles. The minimum Gasteiger partial charge on any atom is -0.399 e. The molecule has 1 amide bonds. The Morgan fingerprint density at radius 1 is 1.53 bits per heavy atom. The van der Waals surface area contributed by atoms with Gasteiger partial charge in [-0.05, 0) is 25.0 Å². The third kappa shape index (κ3) is 1.93. The highest BCUT2D eigenvalue weighted by molar-refractivity contribution is 5.93. The Bertz CT molecular complexity index is 385. The fourth-order valence-electron chi connectivity index (χ4n) is 1.58. The molecule has 1 fully saturated rings. The molecule has 15 heavy (non-hydrogen) atoms. The lowest BCUT2D eigenvalue weighted by Crippen LogP contribution is -2.42. The van der Waals surface area contributed by atoms with E-state index in [0.717, 1.165) is 31.6 Å². The predicted molar refractivity (Wildman–Crippen MR) is 58.5 cm³/mol. The van der Waals surface area contributed by atoms with E-state index >= 15 is 0 Å². The molecule has 0 atom stereocenters. The lowest BCUT2D eigenvalue weighted by atomic mass is 10.1. The fourth-order valence-corrected chi connectivity index (χ4v) is 1.58. The predicted octanol–water partition coefficient (Wildman–Crippen LogP) is 1.07. The van der Waals surface area contributed by atoms with Gasteiger partial charge in [-0.1, -0.05) is 6.92 Å². The van der Waals surface area contributed by atoms with Crippen molar-refractivity contribution >= 4 is 11.6 Å². The normalized spacial score (nSPS) is 14.9. The number of aryl methyl sites for hydroxylation is 1. The standard InChI is InChI=1S/C11H15N3O/c1-2-9-6-8(12)7-10(13-9)11(15)14-4-3-5-14/h6-7H,2-5H2,1H3,(H2,12,13). The van der Waals surface area contributed by atoms with Crippen LogP contribution in [0.5, 0.6) is 0 Å². The number of carbonyl (C=O) groups excluding carboxylic acids is 1. The number of rotatable bonds is 2. The van der Waals surface area contributed by atoms with Gasteiger partial charge in [0.1, 0.15) is 5.69 Å². The van der Waals surface area contributed by atoms with Crippen LogP contribution in [0.4, 0.5) is 5.69 Å². The van der Waals surface area contributed by atoms with E-state index < -0.39 is 0 Å². The van der Waals surface area contributed by atoms with E-state index in [1.807, 2.05) is 13.0 Å². The van der Waals surface area contributed by atoms with Gasteiger partial charge >= 0.3 is 0 Å². The number of hydrogen-bond acceptors (Lipinski definition) is 3. The smallest absolute Gasteiger partial charge is 0.272 e. The van der Waals surface area contributed by atoms with E-state index in [0.29, 0.717) is 11.4 Å². The Hall–Kier alpha value is -1.58. The molecule has 1 aromatic heterocycles. The first kappa shape index (κ1) is 9.96. The zero-order chi connectivity index (χ0) is 10.8. The van der Waals surface area contributed by atoms with E-state index in [2.05, 4.69) is 4.98 Å². The van der Waals surface area contributed by atoms with Gasteiger partial charge in [-0.25, -0.2) is 4.98 Å². The molecule has 1 aliphatic heterocycles. The number of aromatic nitrogens is 1. The van der Waals surface area contributed by atoms with Crippen LogP contribution in [-0.4, -0.2) is 28.9 Å². The van der Waals surface area contributed by atoms with Gasteiger partial charge in [-0.15, -0.1) is 0 Å². The van der Waals surface area contributed by atoms with Crippen molar-refractivity contribution in [1.82, 2.24) is 9.88 Å². The first-order valence-corrected chi connectivity index (χ1v) is 5.26. The van der Waals surface area contributed by atoms with Crippen LogP contribution >= 0.6 is 0 Å². The van der Waals surface area contributed by atoms with Crippen molar-refractivity contribution in [3.05, 3.63) is 23.5 Å². The second-order valence-electron chi connectivity index (χ2n) is 3.78. The average molecular weight is 205 g/mol. The summed E-state index contributed by atoms with van der Waals surface area (Å²) in [6.07, 6.45) is 1.89. The second kappa shape index (κ2) is 3.88. The van der Waals surface area contributed by atoms with Crippen LogP contribution in [-0.2, 0) is 6.42 Å². The summed E-state index contributed by atoms with van der Waals surface area (Å²) in [7, 11) is 0. The summed E-state index contributed by atoms with van der Waals surface area (Å²) in [6, 6.07) is 3.46. The summed E-state index contributed by atoms with van der Waals surface area (Å²) in [5.41, 5.74) is 7.69. The Balaban J connectivity index is 2.26. The number of hydrogen-bond donors (Lipinski definition) is 1. The molecule has 0 radical (unpaired) electrons. The average Bonchev–Trinajstić information content (AvgIpc) is 2.14. The number of nitrogens with two attached hydrogens (primary N) is 1. The fraction of sp³-hybridized carbons (Fsp3) is 0.455. The molecule has 4 heteroatoms. The van der Waals surface area contributed by atoms with Crippen LogP contribution in [0.3, 0.4) is 0 Å². The highest BCUT2D eigenvalue weighted by Gasteiger charge is 2.22. The largest absolute Gasteiger partial charge is 0.399 e. The third-order valence-electron chi connectivity index (χ3n) is 2.63. The molecule has 2 N–H and O–H groups in total. The van der Waals surface area contributed by atoms with Crippen molar-refractivity contribution in [1.29, 1.82) is 0 Å². The molecule has 4 nitrogen and oxygen atoms in total. The van der Waals surface area contributed by atoms with E-state index in [4.69, 9.17) is 5.73 Å². The molecule has 80 valence electrons.